The van der Waals surface area contributed by atoms with Gasteiger partial charge in [0, 0.05) is 31.1 Å². The van der Waals surface area contributed by atoms with E-state index in [1.54, 1.807) is 0 Å². The van der Waals surface area contributed by atoms with Gasteiger partial charge < -0.3 is 14.6 Å². The minimum atomic E-state index is -0.531. The number of hydrogen-bond acceptors (Lipinski definition) is 5. The van der Waals surface area contributed by atoms with E-state index in [-0.39, 0.29) is 46.8 Å². The highest BCUT2D eigenvalue weighted by Crippen LogP contribution is 2.73. The zero-order valence-electron chi connectivity index (χ0n) is 15.4. The maximum Gasteiger partial charge on any atom is 0.303 e. The summed E-state index contributed by atoms with van der Waals surface area (Å²) in [5.74, 6) is -0.446. The van der Waals surface area contributed by atoms with Crippen molar-refractivity contribution >= 4 is 11.9 Å². The highest BCUT2D eigenvalue weighted by molar-refractivity contribution is 5.67. The predicted octanol–water partition coefficient (Wildman–Crippen LogP) is 2.61. The molecule has 6 atom stereocenters. The minimum Gasteiger partial charge on any atom is -0.462 e. The summed E-state index contributed by atoms with van der Waals surface area (Å²) in [4.78, 5) is 23.3. The van der Waals surface area contributed by atoms with Crippen molar-refractivity contribution in [1.82, 2.24) is 0 Å². The molecule has 134 valence electrons. The molecular formula is C19H28O5. The molecule has 0 amide bonds. The molecule has 2 fully saturated rings. The van der Waals surface area contributed by atoms with Crippen molar-refractivity contribution in [3.8, 4) is 0 Å². The molecule has 3 aliphatic carbocycles. The first kappa shape index (κ1) is 17.5. The molecule has 0 heterocycles. The second-order valence-electron chi connectivity index (χ2n) is 8.32. The van der Waals surface area contributed by atoms with Gasteiger partial charge in [-0.3, -0.25) is 9.59 Å². The molecule has 0 aromatic carbocycles. The molecule has 1 spiro atoms. The van der Waals surface area contributed by atoms with Gasteiger partial charge in [-0.05, 0) is 36.3 Å². The van der Waals surface area contributed by atoms with E-state index < -0.39 is 6.10 Å². The molecule has 2 bridgehead atoms. The summed E-state index contributed by atoms with van der Waals surface area (Å²) in [6.07, 6.45) is 0.206. The molecule has 0 saturated heterocycles. The second-order valence-corrected chi connectivity index (χ2v) is 8.32. The molecule has 1 N–H and O–H groups in total. The topological polar surface area (TPSA) is 72.8 Å². The van der Waals surface area contributed by atoms with Crippen LogP contribution in [0.5, 0.6) is 0 Å². The van der Waals surface area contributed by atoms with E-state index in [4.69, 9.17) is 9.47 Å². The third kappa shape index (κ3) is 2.03. The van der Waals surface area contributed by atoms with Crippen LogP contribution in [0.4, 0.5) is 0 Å². The molecule has 0 aromatic rings. The largest absolute Gasteiger partial charge is 0.462 e. The van der Waals surface area contributed by atoms with Crippen LogP contribution in [0.25, 0.3) is 0 Å². The van der Waals surface area contributed by atoms with Crippen molar-refractivity contribution < 1.29 is 24.2 Å². The van der Waals surface area contributed by atoms with E-state index in [0.29, 0.717) is 12.8 Å². The average Bonchev–Trinajstić information content (AvgIpc) is 2.76. The van der Waals surface area contributed by atoms with Crippen LogP contribution in [0, 0.1) is 22.7 Å². The Bertz CT molecular complexity index is 619. The number of fused-ring (bicyclic) bond motifs is 1. The number of carbonyl (C=O) groups is 2. The summed E-state index contributed by atoms with van der Waals surface area (Å²) in [5, 5.41) is 10.6. The van der Waals surface area contributed by atoms with Gasteiger partial charge in [0.2, 0.25) is 0 Å². The van der Waals surface area contributed by atoms with E-state index in [1.807, 2.05) is 6.92 Å². The van der Waals surface area contributed by atoms with E-state index in [9.17, 15) is 14.7 Å². The normalized spacial score (nSPS) is 42.7. The summed E-state index contributed by atoms with van der Waals surface area (Å²) in [7, 11) is 0. The van der Waals surface area contributed by atoms with Gasteiger partial charge in [-0.25, -0.2) is 0 Å². The van der Waals surface area contributed by atoms with Crippen molar-refractivity contribution in [3.63, 3.8) is 0 Å². The summed E-state index contributed by atoms with van der Waals surface area (Å²) in [6.45, 7) is 11.3. The van der Waals surface area contributed by atoms with Gasteiger partial charge in [-0.1, -0.05) is 20.8 Å². The Morgan fingerprint density at radius 1 is 1.17 bits per heavy atom. The van der Waals surface area contributed by atoms with Crippen LogP contribution in [0.3, 0.4) is 0 Å². The van der Waals surface area contributed by atoms with Crippen LogP contribution in [-0.2, 0) is 19.1 Å². The zero-order chi connectivity index (χ0) is 18.0. The van der Waals surface area contributed by atoms with Gasteiger partial charge in [0.05, 0.1) is 6.10 Å². The van der Waals surface area contributed by atoms with Crippen LogP contribution in [0.1, 0.15) is 54.4 Å². The maximum absolute atomic E-state index is 11.7. The number of aliphatic hydroxyl groups is 1. The molecule has 5 heteroatoms. The van der Waals surface area contributed by atoms with Crippen molar-refractivity contribution in [1.29, 1.82) is 0 Å². The number of aliphatic hydroxyl groups excluding tert-OH is 1. The fourth-order valence-corrected chi connectivity index (χ4v) is 5.99. The standard InChI is InChI=1S/C19H28O5/c1-9-14(22)8-19-10(2)15(23-11(3)20)7-13(18(19,5)6)17(16(9)19)24-12(4)21/h10,13-15,17,22H,7-8H2,1-6H3/t10?,13?,14?,15?,17?,19-/m0/s1. The minimum absolute atomic E-state index is 0.0651. The smallest absolute Gasteiger partial charge is 0.303 e. The van der Waals surface area contributed by atoms with Crippen molar-refractivity contribution in [2.45, 2.75) is 72.7 Å². The molecule has 0 radical (unpaired) electrons. The summed E-state index contributed by atoms with van der Waals surface area (Å²) >= 11 is 0. The van der Waals surface area contributed by atoms with Crippen molar-refractivity contribution in [3.05, 3.63) is 11.1 Å². The Labute approximate surface area is 143 Å². The highest BCUT2D eigenvalue weighted by Gasteiger charge is 2.72. The summed E-state index contributed by atoms with van der Waals surface area (Å²) in [5.41, 5.74) is 1.55. The lowest BCUT2D eigenvalue weighted by atomic mass is 9.52. The Kier molecular flexibility index (Phi) is 3.87. The van der Waals surface area contributed by atoms with Crippen LogP contribution < -0.4 is 0 Å². The quantitative estimate of drug-likeness (QED) is 0.620. The third-order valence-electron chi connectivity index (χ3n) is 7.08. The molecular weight excluding hydrogens is 308 g/mol. The number of ether oxygens (including phenoxy) is 2. The predicted molar refractivity (Wildman–Crippen MR) is 87.9 cm³/mol. The molecule has 5 unspecified atom stereocenters. The fourth-order valence-electron chi connectivity index (χ4n) is 5.99. The van der Waals surface area contributed by atoms with Crippen LogP contribution in [-0.4, -0.2) is 35.4 Å². The SMILES string of the molecule is CC(=O)OC1CC2C(OC(C)=O)C3=C(C)C(O)C[C@@]3(C1C)C2(C)C. The van der Waals surface area contributed by atoms with E-state index >= 15 is 0 Å². The maximum atomic E-state index is 11.7. The lowest BCUT2D eigenvalue weighted by Gasteiger charge is -2.53. The van der Waals surface area contributed by atoms with Gasteiger partial charge in [0.15, 0.2) is 0 Å². The molecule has 5 nitrogen and oxygen atoms in total. The molecule has 2 saturated carbocycles. The van der Waals surface area contributed by atoms with Gasteiger partial charge in [-0.2, -0.15) is 0 Å². The van der Waals surface area contributed by atoms with Gasteiger partial charge in [0.25, 0.3) is 0 Å². The molecule has 24 heavy (non-hydrogen) atoms. The number of carbonyl (C=O) groups excluding carboxylic acids is 2. The second kappa shape index (κ2) is 5.32. The molecule has 0 aliphatic heterocycles. The summed E-state index contributed by atoms with van der Waals surface area (Å²) < 4.78 is 11.4. The van der Waals surface area contributed by atoms with Crippen LogP contribution in [0.2, 0.25) is 0 Å². The molecule has 3 aliphatic rings. The lowest BCUT2D eigenvalue weighted by Crippen LogP contribution is -2.52. The third-order valence-corrected chi connectivity index (χ3v) is 7.08. The summed E-state index contributed by atoms with van der Waals surface area (Å²) in [6, 6.07) is 0. The number of hydrogen-bond donors (Lipinski definition) is 1. The Hall–Kier alpha value is -1.36. The Balaban J connectivity index is 2.15. The van der Waals surface area contributed by atoms with Crippen molar-refractivity contribution in [2.75, 3.05) is 0 Å². The van der Waals surface area contributed by atoms with E-state index in [0.717, 1.165) is 11.1 Å². The fraction of sp³-hybridized carbons (Fsp3) is 0.789. The highest BCUT2D eigenvalue weighted by atomic mass is 16.6. The number of rotatable bonds is 2. The van der Waals surface area contributed by atoms with Crippen LogP contribution in [0.15, 0.2) is 11.1 Å². The first-order valence-corrected chi connectivity index (χ1v) is 8.77. The van der Waals surface area contributed by atoms with Crippen molar-refractivity contribution in [2.24, 2.45) is 22.7 Å². The van der Waals surface area contributed by atoms with E-state index in [1.165, 1.54) is 13.8 Å². The van der Waals surface area contributed by atoms with Crippen LogP contribution >= 0.6 is 0 Å². The average molecular weight is 336 g/mol. The van der Waals surface area contributed by atoms with Gasteiger partial charge >= 0.3 is 11.9 Å². The monoisotopic (exact) mass is 336 g/mol. The lowest BCUT2D eigenvalue weighted by molar-refractivity contribution is -0.168. The van der Waals surface area contributed by atoms with Gasteiger partial charge in [0.1, 0.15) is 12.2 Å². The van der Waals surface area contributed by atoms with E-state index in [2.05, 4.69) is 20.8 Å². The Morgan fingerprint density at radius 2 is 1.75 bits per heavy atom. The number of esters is 2. The zero-order valence-corrected chi connectivity index (χ0v) is 15.4. The molecule has 0 aromatic heterocycles. The van der Waals surface area contributed by atoms with Gasteiger partial charge in [-0.15, -0.1) is 0 Å². The Morgan fingerprint density at radius 3 is 2.29 bits per heavy atom. The first-order chi connectivity index (χ1) is 11.0. The first-order valence-electron chi connectivity index (χ1n) is 8.77. The molecule has 3 rings (SSSR count).